The Morgan fingerprint density at radius 1 is 0.923 bits per heavy atom. The van der Waals surface area contributed by atoms with Crippen LogP contribution >= 0.6 is 11.3 Å². The number of benzene rings is 1. The summed E-state index contributed by atoms with van der Waals surface area (Å²) in [6.07, 6.45) is 3.24. The van der Waals surface area contributed by atoms with Crippen molar-refractivity contribution in [1.29, 1.82) is 0 Å². The van der Waals surface area contributed by atoms with Crippen LogP contribution in [-0.2, 0) is 0 Å². The van der Waals surface area contributed by atoms with E-state index in [2.05, 4.69) is 61.3 Å². The van der Waals surface area contributed by atoms with Crippen LogP contribution < -0.4 is 14.7 Å². The van der Waals surface area contributed by atoms with Gasteiger partial charge in [0.15, 0.2) is 5.13 Å². The minimum atomic E-state index is 0.715. The Hall–Kier alpha value is -1.79. The van der Waals surface area contributed by atoms with Gasteiger partial charge in [0.2, 0.25) is 0 Å². The Kier molecular flexibility index (Phi) is 4.25. The van der Waals surface area contributed by atoms with E-state index < -0.39 is 0 Å². The molecule has 0 aliphatic carbocycles. The molecule has 6 heteroatoms. The molecule has 0 bridgehead atoms. The minimum absolute atomic E-state index is 0.715. The molecular weight excluding hydrogens is 342 g/mol. The first kappa shape index (κ1) is 16.4. The number of anilines is 3. The number of likely N-dealkylation sites (N-methyl/N-ethyl adjacent to an activating group) is 1. The Labute approximate surface area is 159 Å². The highest BCUT2D eigenvalue weighted by molar-refractivity contribution is 7.13. The smallest absolute Gasteiger partial charge is 0.185 e. The highest BCUT2D eigenvalue weighted by Gasteiger charge is 2.39. The summed E-state index contributed by atoms with van der Waals surface area (Å²) in [5, 5.41) is 3.22. The van der Waals surface area contributed by atoms with Crippen molar-refractivity contribution in [2.75, 3.05) is 67.6 Å². The molecule has 5 rings (SSSR count). The number of hydrogen-bond donors (Lipinski definition) is 0. The third kappa shape index (κ3) is 2.95. The second kappa shape index (κ2) is 6.74. The fourth-order valence-corrected chi connectivity index (χ4v) is 5.57. The lowest BCUT2D eigenvalue weighted by Crippen LogP contribution is -2.46. The molecule has 0 spiro atoms. The maximum atomic E-state index is 4.44. The highest BCUT2D eigenvalue weighted by Crippen LogP contribution is 2.35. The average molecular weight is 370 g/mol. The average Bonchev–Trinajstić information content (AvgIpc) is 3.39. The Morgan fingerprint density at radius 3 is 2.38 bits per heavy atom. The number of likely N-dealkylation sites (tertiary alicyclic amines) is 1. The maximum absolute atomic E-state index is 4.44. The molecule has 1 aromatic heterocycles. The molecule has 5 nitrogen and oxygen atoms in total. The summed E-state index contributed by atoms with van der Waals surface area (Å²) < 4.78 is 0. The SMILES string of the molecule is CN1C[C@H]2CCN(c3ccc(N4CCN(c5nccs5)CC4)cc3)[C@H]2C1. The number of thiazole rings is 1. The van der Waals surface area contributed by atoms with E-state index in [4.69, 9.17) is 0 Å². The second-order valence-corrected chi connectivity index (χ2v) is 8.71. The van der Waals surface area contributed by atoms with Crippen LogP contribution in [0, 0.1) is 5.92 Å². The first-order chi connectivity index (χ1) is 12.8. The summed E-state index contributed by atoms with van der Waals surface area (Å²) in [6.45, 7) is 7.94. The van der Waals surface area contributed by atoms with Crippen molar-refractivity contribution < 1.29 is 0 Å². The number of rotatable bonds is 3. The van der Waals surface area contributed by atoms with Crippen LogP contribution in [0.2, 0.25) is 0 Å². The van der Waals surface area contributed by atoms with Crippen LogP contribution in [0.15, 0.2) is 35.8 Å². The van der Waals surface area contributed by atoms with E-state index in [9.17, 15) is 0 Å². The van der Waals surface area contributed by atoms with E-state index in [1.807, 2.05) is 6.20 Å². The van der Waals surface area contributed by atoms with Crippen molar-refractivity contribution >= 4 is 27.8 Å². The summed E-state index contributed by atoms with van der Waals surface area (Å²) in [6, 6.07) is 10.0. The van der Waals surface area contributed by atoms with E-state index >= 15 is 0 Å². The van der Waals surface area contributed by atoms with Gasteiger partial charge in [-0.25, -0.2) is 4.98 Å². The monoisotopic (exact) mass is 369 g/mol. The Balaban J connectivity index is 1.23. The van der Waals surface area contributed by atoms with Gasteiger partial charge in [0.05, 0.1) is 0 Å². The fourth-order valence-electron chi connectivity index (χ4n) is 4.88. The predicted molar refractivity (Wildman–Crippen MR) is 110 cm³/mol. The van der Waals surface area contributed by atoms with Crippen LogP contribution in [0.5, 0.6) is 0 Å². The highest BCUT2D eigenvalue weighted by atomic mass is 32.1. The minimum Gasteiger partial charge on any atom is -0.368 e. The van der Waals surface area contributed by atoms with Crippen LogP contribution in [-0.4, -0.2) is 68.8 Å². The van der Waals surface area contributed by atoms with Gasteiger partial charge < -0.3 is 19.6 Å². The van der Waals surface area contributed by atoms with Gasteiger partial charge in [-0.3, -0.25) is 0 Å². The zero-order valence-corrected chi connectivity index (χ0v) is 16.2. The number of hydrogen-bond acceptors (Lipinski definition) is 6. The molecule has 2 atom stereocenters. The molecule has 26 heavy (non-hydrogen) atoms. The van der Waals surface area contributed by atoms with E-state index in [1.165, 1.54) is 37.4 Å². The normalized spacial score (nSPS) is 26.6. The van der Waals surface area contributed by atoms with Gasteiger partial charge in [-0.05, 0) is 43.7 Å². The fraction of sp³-hybridized carbons (Fsp3) is 0.550. The molecule has 0 radical (unpaired) electrons. The molecule has 0 N–H and O–H groups in total. The summed E-state index contributed by atoms with van der Waals surface area (Å²) in [7, 11) is 2.25. The lowest BCUT2D eigenvalue weighted by Gasteiger charge is -2.36. The van der Waals surface area contributed by atoms with Gasteiger partial charge in [-0.2, -0.15) is 0 Å². The second-order valence-electron chi connectivity index (χ2n) is 7.84. The molecule has 1 aromatic carbocycles. The van der Waals surface area contributed by atoms with Gasteiger partial charge in [0.1, 0.15) is 0 Å². The molecule has 0 amide bonds. The topological polar surface area (TPSA) is 25.9 Å². The van der Waals surface area contributed by atoms with Crippen molar-refractivity contribution in [2.24, 2.45) is 5.92 Å². The molecular formula is C20H27N5S. The number of piperazine rings is 1. The molecule has 0 saturated carbocycles. The van der Waals surface area contributed by atoms with Crippen molar-refractivity contribution in [3.05, 3.63) is 35.8 Å². The van der Waals surface area contributed by atoms with Gasteiger partial charge in [0, 0.05) is 74.8 Å². The van der Waals surface area contributed by atoms with Gasteiger partial charge in [-0.1, -0.05) is 0 Å². The molecule has 138 valence electrons. The van der Waals surface area contributed by atoms with E-state index in [0.717, 1.165) is 37.2 Å². The van der Waals surface area contributed by atoms with Gasteiger partial charge in [-0.15, -0.1) is 11.3 Å². The Bertz CT molecular complexity index is 723. The zero-order valence-electron chi connectivity index (χ0n) is 15.4. The molecule has 4 heterocycles. The first-order valence-electron chi connectivity index (χ1n) is 9.72. The lowest BCUT2D eigenvalue weighted by molar-refractivity contribution is 0.386. The summed E-state index contributed by atoms with van der Waals surface area (Å²) in [5.74, 6) is 0.860. The number of nitrogens with zero attached hydrogens (tertiary/aromatic N) is 5. The third-order valence-electron chi connectivity index (χ3n) is 6.25. The third-order valence-corrected chi connectivity index (χ3v) is 7.08. The quantitative estimate of drug-likeness (QED) is 0.829. The summed E-state index contributed by atoms with van der Waals surface area (Å²) in [5.41, 5.74) is 2.75. The first-order valence-corrected chi connectivity index (χ1v) is 10.6. The van der Waals surface area contributed by atoms with Gasteiger partial charge in [0.25, 0.3) is 0 Å². The van der Waals surface area contributed by atoms with E-state index in [0.29, 0.717) is 6.04 Å². The molecule has 3 saturated heterocycles. The molecule has 2 aromatic rings. The van der Waals surface area contributed by atoms with Crippen molar-refractivity contribution in [3.63, 3.8) is 0 Å². The van der Waals surface area contributed by atoms with Crippen molar-refractivity contribution in [2.45, 2.75) is 12.5 Å². The van der Waals surface area contributed by atoms with Crippen molar-refractivity contribution in [3.8, 4) is 0 Å². The van der Waals surface area contributed by atoms with E-state index in [-0.39, 0.29) is 0 Å². The molecule has 3 aliphatic rings. The molecule has 3 aliphatic heterocycles. The van der Waals surface area contributed by atoms with E-state index in [1.54, 1.807) is 11.3 Å². The lowest BCUT2D eigenvalue weighted by atomic mass is 10.0. The summed E-state index contributed by atoms with van der Waals surface area (Å²) >= 11 is 1.74. The zero-order chi connectivity index (χ0) is 17.5. The van der Waals surface area contributed by atoms with Crippen LogP contribution in [0.4, 0.5) is 16.5 Å². The number of fused-ring (bicyclic) bond motifs is 1. The largest absolute Gasteiger partial charge is 0.368 e. The predicted octanol–water partition coefficient (Wildman–Crippen LogP) is 2.61. The number of aromatic nitrogens is 1. The van der Waals surface area contributed by atoms with Crippen LogP contribution in [0.3, 0.4) is 0 Å². The standard InChI is InChI=1S/C20H27N5S/c1-22-14-16-6-8-25(19(16)15-22)18-4-2-17(3-5-18)23-9-11-24(12-10-23)20-21-7-13-26-20/h2-5,7,13,16,19H,6,8-12,14-15H2,1H3/t16-,19+/m1/s1. The van der Waals surface area contributed by atoms with Crippen molar-refractivity contribution in [1.82, 2.24) is 9.88 Å². The Morgan fingerprint density at radius 2 is 1.65 bits per heavy atom. The maximum Gasteiger partial charge on any atom is 0.185 e. The summed E-state index contributed by atoms with van der Waals surface area (Å²) in [4.78, 5) is 14.5. The molecule has 3 fully saturated rings. The van der Waals surface area contributed by atoms with Crippen LogP contribution in [0.1, 0.15) is 6.42 Å². The van der Waals surface area contributed by atoms with Gasteiger partial charge >= 0.3 is 0 Å². The van der Waals surface area contributed by atoms with Crippen LogP contribution in [0.25, 0.3) is 0 Å². The molecule has 0 unspecified atom stereocenters.